The highest BCUT2D eigenvalue weighted by atomic mass is 16.5. The fourth-order valence-electron chi connectivity index (χ4n) is 5.61. The Morgan fingerprint density at radius 1 is 1.10 bits per heavy atom. The van der Waals surface area contributed by atoms with Crippen LogP contribution in [0.25, 0.3) is 5.69 Å². The number of carbonyl (C=O) groups is 3. The lowest BCUT2D eigenvalue weighted by molar-refractivity contribution is -0.142. The van der Waals surface area contributed by atoms with Gasteiger partial charge in [0.2, 0.25) is 5.91 Å². The maximum absolute atomic E-state index is 14.3. The van der Waals surface area contributed by atoms with Crippen LogP contribution in [-0.4, -0.2) is 118 Å². The number of hydrogen-bond acceptors (Lipinski definition) is 7. The number of carboxylic acid groups (broad SMARTS) is 1. The largest absolute Gasteiger partial charge is 0.465 e. The predicted molar refractivity (Wildman–Crippen MR) is 151 cm³/mol. The van der Waals surface area contributed by atoms with Gasteiger partial charge in [-0.2, -0.15) is 0 Å². The lowest BCUT2D eigenvalue weighted by Crippen LogP contribution is -2.58. The lowest BCUT2D eigenvalue weighted by Gasteiger charge is -2.43. The van der Waals surface area contributed by atoms with Crippen LogP contribution in [0, 0.1) is 11.8 Å². The number of hydrogen-bond donors (Lipinski definition) is 1. The lowest BCUT2D eigenvalue weighted by atomic mass is 9.91. The van der Waals surface area contributed by atoms with Crippen LogP contribution < -0.4 is 0 Å². The Kier molecular flexibility index (Phi) is 10.7. The van der Waals surface area contributed by atoms with Gasteiger partial charge in [0.05, 0.1) is 36.6 Å². The Bertz CT molecular complexity index is 1170. The van der Waals surface area contributed by atoms with Crippen molar-refractivity contribution >= 4 is 17.9 Å². The summed E-state index contributed by atoms with van der Waals surface area (Å²) in [4.78, 5) is 44.6. The SMILES string of the molecule is COCCCCc1c(C(=O)N(CC(C)C)[C@H]2C[C@@H](C(=O)N3CCOCC3)CN(C(=O)O)C2)nnn1-c1ccccc1. The van der Waals surface area contributed by atoms with E-state index in [4.69, 9.17) is 9.47 Å². The van der Waals surface area contributed by atoms with E-state index in [0.29, 0.717) is 58.0 Å². The Morgan fingerprint density at radius 3 is 2.49 bits per heavy atom. The first-order chi connectivity index (χ1) is 19.8. The standard InChI is InChI=1S/C29H42N6O6/c1-21(2)18-34(24-17-22(19-33(20-24)29(38)39)27(36)32-12-15-41-16-13-32)28(37)26-25(11-7-8-14-40-3)35(31-30-26)23-9-5-4-6-10-23/h4-6,9-10,21-22,24H,7-8,11-20H2,1-3H3,(H,38,39)/t22-,24+/m1/s1. The molecule has 1 aromatic carbocycles. The van der Waals surface area contributed by atoms with E-state index in [1.807, 2.05) is 44.2 Å². The predicted octanol–water partition coefficient (Wildman–Crippen LogP) is 2.56. The minimum atomic E-state index is -1.10. The molecule has 2 fully saturated rings. The molecular formula is C29H42N6O6. The molecule has 2 aliphatic heterocycles. The van der Waals surface area contributed by atoms with Gasteiger partial charge in [-0.3, -0.25) is 9.59 Å². The highest BCUT2D eigenvalue weighted by Crippen LogP contribution is 2.27. The molecular weight excluding hydrogens is 528 g/mol. The molecule has 2 saturated heterocycles. The van der Waals surface area contributed by atoms with Gasteiger partial charge < -0.3 is 29.3 Å². The molecule has 4 rings (SSSR count). The number of methoxy groups -OCH3 is 1. The number of aromatic nitrogens is 3. The van der Waals surface area contributed by atoms with Crippen LogP contribution >= 0.6 is 0 Å². The van der Waals surface area contributed by atoms with E-state index >= 15 is 0 Å². The molecule has 2 aromatic rings. The van der Waals surface area contributed by atoms with E-state index in [2.05, 4.69) is 10.3 Å². The Labute approximate surface area is 241 Å². The fraction of sp³-hybridized carbons (Fsp3) is 0.621. The average molecular weight is 571 g/mol. The molecule has 3 amide bonds. The van der Waals surface area contributed by atoms with Gasteiger partial charge in [0.15, 0.2) is 5.69 Å². The van der Waals surface area contributed by atoms with E-state index in [0.717, 1.165) is 18.5 Å². The van der Waals surface area contributed by atoms with Crippen molar-refractivity contribution < 1.29 is 29.0 Å². The molecule has 3 heterocycles. The summed E-state index contributed by atoms with van der Waals surface area (Å²) in [5, 5.41) is 18.7. The number of amides is 3. The summed E-state index contributed by atoms with van der Waals surface area (Å²) in [6, 6.07) is 9.09. The van der Waals surface area contributed by atoms with E-state index in [9.17, 15) is 19.5 Å². The van der Waals surface area contributed by atoms with Gasteiger partial charge in [-0.1, -0.05) is 37.3 Å². The number of benzene rings is 1. The number of piperidine rings is 1. The average Bonchev–Trinajstić information content (AvgIpc) is 3.41. The number of likely N-dealkylation sites (tertiary alicyclic amines) is 1. The molecule has 224 valence electrons. The number of carbonyl (C=O) groups excluding carboxylic acids is 2. The van der Waals surface area contributed by atoms with Crippen LogP contribution in [0.5, 0.6) is 0 Å². The van der Waals surface area contributed by atoms with Crippen molar-refractivity contribution in [2.24, 2.45) is 11.8 Å². The van der Waals surface area contributed by atoms with Crippen molar-refractivity contribution in [3.63, 3.8) is 0 Å². The topological polar surface area (TPSA) is 130 Å². The molecule has 1 aromatic heterocycles. The van der Waals surface area contributed by atoms with Gasteiger partial charge in [0, 0.05) is 46.4 Å². The van der Waals surface area contributed by atoms with Gasteiger partial charge in [-0.15, -0.1) is 5.10 Å². The summed E-state index contributed by atoms with van der Waals surface area (Å²) in [6.07, 6.45) is 1.47. The van der Waals surface area contributed by atoms with Crippen LogP contribution in [0.1, 0.15) is 49.3 Å². The van der Waals surface area contributed by atoms with Crippen molar-refractivity contribution in [1.29, 1.82) is 0 Å². The maximum Gasteiger partial charge on any atom is 0.407 e. The highest BCUT2D eigenvalue weighted by molar-refractivity contribution is 5.94. The molecule has 0 unspecified atom stereocenters. The second-order valence-corrected chi connectivity index (χ2v) is 11.1. The molecule has 12 nitrogen and oxygen atoms in total. The van der Waals surface area contributed by atoms with Crippen LogP contribution in [-0.2, 0) is 20.7 Å². The summed E-state index contributed by atoms with van der Waals surface area (Å²) < 4.78 is 12.3. The number of morpholine rings is 1. The maximum atomic E-state index is 14.3. The summed E-state index contributed by atoms with van der Waals surface area (Å²) in [5.74, 6) is -0.812. The number of para-hydroxylation sites is 1. The van der Waals surface area contributed by atoms with Crippen molar-refractivity contribution in [1.82, 2.24) is 29.7 Å². The first kappa shape index (κ1) is 30.4. The molecule has 1 N–H and O–H groups in total. The zero-order chi connectivity index (χ0) is 29.4. The van der Waals surface area contributed by atoms with Crippen LogP contribution in [0.15, 0.2) is 30.3 Å². The molecule has 0 saturated carbocycles. The Morgan fingerprint density at radius 2 is 1.83 bits per heavy atom. The quantitative estimate of drug-likeness (QED) is 0.408. The molecule has 2 aliphatic rings. The number of nitrogens with zero attached hydrogens (tertiary/aromatic N) is 6. The molecule has 41 heavy (non-hydrogen) atoms. The van der Waals surface area contributed by atoms with Crippen LogP contribution in [0.2, 0.25) is 0 Å². The molecule has 12 heteroatoms. The van der Waals surface area contributed by atoms with E-state index in [-0.39, 0.29) is 36.5 Å². The second kappa shape index (κ2) is 14.4. The summed E-state index contributed by atoms with van der Waals surface area (Å²) in [6.45, 7) is 7.18. The summed E-state index contributed by atoms with van der Waals surface area (Å²) in [5.41, 5.74) is 1.77. The van der Waals surface area contributed by atoms with E-state index in [1.165, 1.54) is 4.90 Å². The molecule has 0 spiro atoms. The monoisotopic (exact) mass is 570 g/mol. The van der Waals surface area contributed by atoms with Gasteiger partial charge >= 0.3 is 6.09 Å². The van der Waals surface area contributed by atoms with Crippen LogP contribution in [0.3, 0.4) is 0 Å². The third-order valence-corrected chi connectivity index (χ3v) is 7.61. The van der Waals surface area contributed by atoms with Crippen LogP contribution in [0.4, 0.5) is 4.79 Å². The van der Waals surface area contributed by atoms with E-state index < -0.39 is 18.1 Å². The highest BCUT2D eigenvalue weighted by Gasteiger charge is 2.41. The number of unbranched alkanes of at least 4 members (excludes halogenated alkanes) is 1. The zero-order valence-electron chi connectivity index (χ0n) is 24.3. The fourth-order valence-corrected chi connectivity index (χ4v) is 5.61. The normalized spacial score (nSPS) is 19.4. The summed E-state index contributed by atoms with van der Waals surface area (Å²) >= 11 is 0. The molecule has 0 radical (unpaired) electrons. The Hall–Kier alpha value is -3.51. The second-order valence-electron chi connectivity index (χ2n) is 11.1. The minimum Gasteiger partial charge on any atom is -0.465 e. The minimum absolute atomic E-state index is 0.0879. The molecule has 2 atom stereocenters. The van der Waals surface area contributed by atoms with Gasteiger partial charge in [0.1, 0.15) is 0 Å². The molecule has 0 bridgehead atoms. The number of rotatable bonds is 11. The third-order valence-electron chi connectivity index (χ3n) is 7.61. The van der Waals surface area contributed by atoms with Crippen molar-refractivity contribution in [3.05, 3.63) is 41.7 Å². The first-order valence-electron chi connectivity index (χ1n) is 14.4. The summed E-state index contributed by atoms with van der Waals surface area (Å²) in [7, 11) is 1.66. The first-order valence-corrected chi connectivity index (χ1v) is 14.4. The van der Waals surface area contributed by atoms with Crippen molar-refractivity contribution in [2.75, 3.05) is 59.7 Å². The van der Waals surface area contributed by atoms with Crippen molar-refractivity contribution in [2.45, 2.75) is 45.6 Å². The smallest absolute Gasteiger partial charge is 0.407 e. The Balaban J connectivity index is 1.65. The van der Waals surface area contributed by atoms with Crippen molar-refractivity contribution in [3.8, 4) is 5.69 Å². The van der Waals surface area contributed by atoms with Gasteiger partial charge in [-0.05, 0) is 43.7 Å². The third kappa shape index (κ3) is 7.62. The molecule has 0 aliphatic carbocycles. The number of ether oxygens (including phenoxy) is 2. The van der Waals surface area contributed by atoms with Gasteiger partial charge in [-0.25, -0.2) is 9.48 Å². The zero-order valence-corrected chi connectivity index (χ0v) is 24.3. The van der Waals surface area contributed by atoms with Gasteiger partial charge in [0.25, 0.3) is 5.91 Å². The van der Waals surface area contributed by atoms with E-state index in [1.54, 1.807) is 21.6 Å².